The lowest BCUT2D eigenvalue weighted by Crippen LogP contribution is -2.15. The van der Waals surface area contributed by atoms with Gasteiger partial charge in [-0.3, -0.25) is 4.79 Å². The Balaban J connectivity index is 3.91. The van der Waals surface area contributed by atoms with Gasteiger partial charge in [0.05, 0.1) is 0 Å². The van der Waals surface area contributed by atoms with Crippen LogP contribution < -0.4 is 0 Å². The summed E-state index contributed by atoms with van der Waals surface area (Å²) in [6.45, 7) is 3.47. The number of ether oxygens (including phenoxy) is 3. The molecule has 0 unspecified atom stereocenters. The van der Waals surface area contributed by atoms with Crippen LogP contribution in [0.2, 0.25) is 0 Å². The van der Waals surface area contributed by atoms with Gasteiger partial charge < -0.3 is 14.2 Å². The zero-order chi connectivity index (χ0) is 10.3. The van der Waals surface area contributed by atoms with Crippen LogP contribution in [0.5, 0.6) is 0 Å². The van der Waals surface area contributed by atoms with E-state index in [0.717, 1.165) is 5.57 Å². The van der Waals surface area contributed by atoms with Crippen molar-refractivity contribution < 1.29 is 19.0 Å². The molecule has 0 bridgehead atoms. The minimum atomic E-state index is -0.365. The summed E-state index contributed by atoms with van der Waals surface area (Å²) in [5.74, 6) is -0.296. The van der Waals surface area contributed by atoms with E-state index in [2.05, 4.69) is 0 Å². The lowest BCUT2D eigenvalue weighted by molar-refractivity contribution is -0.139. The molecule has 0 amide bonds. The van der Waals surface area contributed by atoms with Crippen molar-refractivity contribution in [3.05, 3.63) is 11.6 Å². The number of esters is 1. The van der Waals surface area contributed by atoms with E-state index in [9.17, 15) is 4.79 Å². The highest BCUT2D eigenvalue weighted by Crippen LogP contribution is 2.05. The van der Waals surface area contributed by atoms with Crippen molar-refractivity contribution in [3.63, 3.8) is 0 Å². The van der Waals surface area contributed by atoms with Crippen LogP contribution >= 0.6 is 0 Å². The zero-order valence-corrected chi connectivity index (χ0v) is 8.49. The molecule has 13 heavy (non-hydrogen) atoms. The Morgan fingerprint density at radius 2 is 1.85 bits per heavy atom. The Kier molecular flexibility index (Phi) is 6.18. The van der Waals surface area contributed by atoms with E-state index in [1.54, 1.807) is 20.3 Å². The maximum atomic E-state index is 10.4. The molecule has 0 rings (SSSR count). The van der Waals surface area contributed by atoms with Crippen molar-refractivity contribution in [3.8, 4) is 0 Å². The van der Waals surface area contributed by atoms with Crippen LogP contribution in [0, 0.1) is 0 Å². The molecule has 0 aromatic rings. The molecule has 4 nitrogen and oxygen atoms in total. The summed E-state index contributed by atoms with van der Waals surface area (Å²) in [7, 11) is 3.11. The fourth-order valence-electron chi connectivity index (χ4n) is 0.855. The molecule has 4 heteroatoms. The lowest BCUT2D eigenvalue weighted by atomic mass is 10.3. The smallest absolute Gasteiger partial charge is 0.302 e. The normalized spacial score (nSPS) is 11.9. The Bertz CT molecular complexity index is 182. The summed E-state index contributed by atoms with van der Waals surface area (Å²) in [6, 6.07) is 0. The van der Waals surface area contributed by atoms with E-state index < -0.39 is 0 Å². The minimum Gasteiger partial charge on any atom is -0.462 e. The first kappa shape index (κ1) is 12.1. The molecule has 0 radical (unpaired) electrons. The van der Waals surface area contributed by atoms with Crippen molar-refractivity contribution in [1.82, 2.24) is 0 Å². The van der Waals surface area contributed by atoms with E-state index in [0.29, 0.717) is 0 Å². The van der Waals surface area contributed by atoms with Crippen molar-refractivity contribution in [2.24, 2.45) is 0 Å². The molecule has 0 saturated carbocycles. The van der Waals surface area contributed by atoms with Crippen molar-refractivity contribution in [2.75, 3.05) is 20.8 Å². The van der Waals surface area contributed by atoms with Crippen molar-refractivity contribution in [2.45, 2.75) is 20.1 Å². The second kappa shape index (κ2) is 6.62. The van der Waals surface area contributed by atoms with Crippen molar-refractivity contribution in [1.29, 1.82) is 0 Å². The molecule has 76 valence electrons. The third-order valence-electron chi connectivity index (χ3n) is 1.49. The van der Waals surface area contributed by atoms with Crippen molar-refractivity contribution >= 4 is 5.97 Å². The summed E-state index contributed by atoms with van der Waals surface area (Å²) < 4.78 is 14.7. The molecular weight excluding hydrogens is 172 g/mol. The molecule has 0 saturated heterocycles. The van der Waals surface area contributed by atoms with Gasteiger partial charge in [-0.05, 0) is 18.6 Å². The SMILES string of the molecule is COC(OC)/C(C)=C\COC(C)=O. The van der Waals surface area contributed by atoms with Crippen LogP contribution in [-0.4, -0.2) is 33.1 Å². The number of carbonyl (C=O) groups excluding carboxylic acids is 1. The average molecular weight is 188 g/mol. The molecule has 0 aliphatic heterocycles. The van der Waals surface area contributed by atoms with Gasteiger partial charge in [0.1, 0.15) is 6.61 Å². The van der Waals surface area contributed by atoms with E-state index in [1.807, 2.05) is 6.92 Å². The van der Waals surface area contributed by atoms with Gasteiger partial charge in [0, 0.05) is 21.1 Å². The second-order valence-corrected chi connectivity index (χ2v) is 2.55. The van der Waals surface area contributed by atoms with Gasteiger partial charge in [-0.2, -0.15) is 0 Å². The Hall–Kier alpha value is -0.870. The average Bonchev–Trinajstić information content (AvgIpc) is 2.05. The quantitative estimate of drug-likeness (QED) is 0.368. The Morgan fingerprint density at radius 1 is 1.31 bits per heavy atom. The molecule has 0 N–H and O–H groups in total. The van der Waals surface area contributed by atoms with Crippen LogP contribution in [-0.2, 0) is 19.0 Å². The van der Waals surface area contributed by atoms with Crippen LogP contribution in [0.4, 0.5) is 0 Å². The molecule has 0 aliphatic carbocycles. The largest absolute Gasteiger partial charge is 0.462 e. The maximum Gasteiger partial charge on any atom is 0.302 e. The van der Waals surface area contributed by atoms with Crippen LogP contribution in [0.3, 0.4) is 0 Å². The first-order valence-electron chi connectivity index (χ1n) is 3.97. The predicted octanol–water partition coefficient (Wildman–Crippen LogP) is 1.11. The number of hydrogen-bond acceptors (Lipinski definition) is 4. The van der Waals surface area contributed by atoms with Gasteiger partial charge in [0.2, 0.25) is 0 Å². The molecule has 0 fully saturated rings. The van der Waals surface area contributed by atoms with Gasteiger partial charge in [-0.15, -0.1) is 0 Å². The highest BCUT2D eigenvalue weighted by atomic mass is 16.7. The minimum absolute atomic E-state index is 0.254. The molecule has 0 aliphatic rings. The van der Waals surface area contributed by atoms with Crippen LogP contribution in [0.15, 0.2) is 11.6 Å². The number of methoxy groups -OCH3 is 2. The maximum absolute atomic E-state index is 10.4. The monoisotopic (exact) mass is 188 g/mol. The molecule has 0 aromatic heterocycles. The molecule has 0 aromatic carbocycles. The summed E-state index contributed by atoms with van der Waals surface area (Å²) in [5, 5.41) is 0. The van der Waals surface area contributed by atoms with E-state index in [1.165, 1.54) is 6.92 Å². The van der Waals surface area contributed by atoms with Gasteiger partial charge in [-0.1, -0.05) is 0 Å². The Labute approximate surface area is 78.5 Å². The third kappa shape index (κ3) is 5.38. The number of carbonyl (C=O) groups is 1. The Morgan fingerprint density at radius 3 is 2.23 bits per heavy atom. The first-order chi connectivity index (χ1) is 6.11. The van der Waals surface area contributed by atoms with Gasteiger partial charge >= 0.3 is 5.97 Å². The summed E-state index contributed by atoms with van der Waals surface area (Å²) in [5.41, 5.74) is 0.881. The van der Waals surface area contributed by atoms with E-state index >= 15 is 0 Å². The standard InChI is InChI=1S/C9H16O4/c1-7(9(11-3)12-4)5-6-13-8(2)10/h5,9H,6H2,1-4H3/b7-5-. The van der Waals surface area contributed by atoms with Gasteiger partial charge in [-0.25, -0.2) is 0 Å². The predicted molar refractivity (Wildman–Crippen MR) is 48.2 cm³/mol. The third-order valence-corrected chi connectivity index (χ3v) is 1.49. The molecule has 0 heterocycles. The van der Waals surface area contributed by atoms with Crippen LogP contribution in [0.25, 0.3) is 0 Å². The second-order valence-electron chi connectivity index (χ2n) is 2.55. The van der Waals surface area contributed by atoms with Crippen LogP contribution in [0.1, 0.15) is 13.8 Å². The number of hydrogen-bond donors (Lipinski definition) is 0. The summed E-state index contributed by atoms with van der Waals surface area (Å²) in [4.78, 5) is 10.4. The molecule has 0 spiro atoms. The first-order valence-corrected chi connectivity index (χ1v) is 3.97. The van der Waals surface area contributed by atoms with Gasteiger partial charge in [0.15, 0.2) is 6.29 Å². The highest BCUT2D eigenvalue weighted by molar-refractivity contribution is 5.66. The highest BCUT2D eigenvalue weighted by Gasteiger charge is 2.06. The molecule has 0 atom stereocenters. The molecular formula is C9H16O4. The topological polar surface area (TPSA) is 44.8 Å². The lowest BCUT2D eigenvalue weighted by Gasteiger charge is -2.13. The zero-order valence-electron chi connectivity index (χ0n) is 8.49. The number of rotatable bonds is 5. The van der Waals surface area contributed by atoms with E-state index in [4.69, 9.17) is 14.2 Å². The fourth-order valence-corrected chi connectivity index (χ4v) is 0.855. The van der Waals surface area contributed by atoms with Gasteiger partial charge in [0.25, 0.3) is 0 Å². The summed E-state index contributed by atoms with van der Waals surface area (Å²) >= 11 is 0. The fraction of sp³-hybridized carbons (Fsp3) is 0.667. The summed E-state index contributed by atoms with van der Waals surface area (Å²) in [6.07, 6.45) is 1.38. The van der Waals surface area contributed by atoms with E-state index in [-0.39, 0.29) is 18.9 Å².